The van der Waals surface area contributed by atoms with Gasteiger partial charge in [-0.1, -0.05) is 0 Å². The maximum atomic E-state index is 12.3. The van der Waals surface area contributed by atoms with Crippen LogP contribution < -0.4 is 5.32 Å². The number of nitrogens with zero attached hydrogens (tertiary/aromatic N) is 2. The van der Waals surface area contributed by atoms with Crippen molar-refractivity contribution in [2.75, 3.05) is 31.9 Å². The highest BCUT2D eigenvalue weighted by molar-refractivity contribution is 8.00. The van der Waals surface area contributed by atoms with E-state index in [1.54, 1.807) is 4.90 Å². The molecule has 96 valence electrons. The van der Waals surface area contributed by atoms with E-state index in [1.165, 1.54) is 16.7 Å². The van der Waals surface area contributed by atoms with Crippen molar-refractivity contribution >= 4 is 23.8 Å². The Bertz CT molecular complexity index is 320. The first kappa shape index (κ1) is 12.5. The van der Waals surface area contributed by atoms with Crippen LogP contribution in [0.3, 0.4) is 0 Å². The van der Waals surface area contributed by atoms with E-state index in [9.17, 15) is 9.59 Å². The summed E-state index contributed by atoms with van der Waals surface area (Å²) in [7, 11) is 0. The number of aliphatic carboxylic acids is 1. The van der Waals surface area contributed by atoms with E-state index in [0.29, 0.717) is 18.8 Å². The van der Waals surface area contributed by atoms with Gasteiger partial charge in [0.2, 0.25) is 0 Å². The van der Waals surface area contributed by atoms with Crippen molar-refractivity contribution in [3.8, 4) is 0 Å². The molecular formula is C10H17N3O3S. The van der Waals surface area contributed by atoms with Crippen molar-refractivity contribution < 1.29 is 14.7 Å². The van der Waals surface area contributed by atoms with Gasteiger partial charge in [-0.3, -0.25) is 4.90 Å². The first-order valence-corrected chi connectivity index (χ1v) is 6.78. The minimum Gasteiger partial charge on any atom is -0.480 e. The van der Waals surface area contributed by atoms with Gasteiger partial charge in [0.15, 0.2) is 0 Å². The quantitative estimate of drug-likeness (QED) is 0.686. The average Bonchev–Trinajstić information content (AvgIpc) is 2.71. The smallest absolute Gasteiger partial charge is 0.327 e. The summed E-state index contributed by atoms with van der Waals surface area (Å²) in [6.45, 7) is 4.74. The number of carboxylic acids is 1. The molecule has 2 saturated heterocycles. The van der Waals surface area contributed by atoms with E-state index in [-0.39, 0.29) is 11.4 Å². The molecule has 2 fully saturated rings. The minimum absolute atomic E-state index is 0.0570. The Morgan fingerprint density at radius 3 is 2.59 bits per heavy atom. The fraction of sp³-hybridized carbons (Fsp3) is 0.800. The lowest BCUT2D eigenvalue weighted by atomic mass is 10.3. The summed E-state index contributed by atoms with van der Waals surface area (Å²) in [4.78, 5) is 26.6. The van der Waals surface area contributed by atoms with Gasteiger partial charge in [-0.05, 0) is 6.92 Å². The number of carbonyl (C=O) groups excluding carboxylic acids is 1. The number of carboxylic acid groups (broad SMARTS) is 1. The zero-order chi connectivity index (χ0) is 12.4. The number of nitrogens with one attached hydrogen (secondary N) is 1. The Morgan fingerprint density at radius 1 is 1.35 bits per heavy atom. The van der Waals surface area contributed by atoms with Gasteiger partial charge >= 0.3 is 12.0 Å². The van der Waals surface area contributed by atoms with Gasteiger partial charge in [0.05, 0.1) is 5.37 Å². The van der Waals surface area contributed by atoms with E-state index in [0.717, 1.165) is 13.1 Å². The molecule has 0 radical (unpaired) electrons. The summed E-state index contributed by atoms with van der Waals surface area (Å²) in [6, 6.07) is -0.825. The molecule has 2 amide bonds. The maximum absolute atomic E-state index is 12.3. The van der Waals surface area contributed by atoms with Crippen molar-refractivity contribution in [1.29, 1.82) is 0 Å². The number of amides is 2. The highest BCUT2D eigenvalue weighted by atomic mass is 32.2. The molecule has 2 unspecified atom stereocenters. The number of piperazine rings is 1. The lowest BCUT2D eigenvalue weighted by Gasteiger charge is -2.34. The van der Waals surface area contributed by atoms with Gasteiger partial charge in [0, 0.05) is 31.9 Å². The Labute approximate surface area is 104 Å². The van der Waals surface area contributed by atoms with Crippen molar-refractivity contribution in [2.45, 2.75) is 18.3 Å². The normalized spacial score (nSPS) is 29.5. The second-order valence-electron chi connectivity index (χ2n) is 4.21. The van der Waals surface area contributed by atoms with Gasteiger partial charge in [-0.2, -0.15) is 0 Å². The average molecular weight is 259 g/mol. The van der Waals surface area contributed by atoms with Gasteiger partial charge in [-0.25, -0.2) is 9.59 Å². The fourth-order valence-electron chi connectivity index (χ4n) is 2.14. The molecule has 0 aromatic carbocycles. The first-order chi connectivity index (χ1) is 8.11. The molecule has 6 nitrogen and oxygen atoms in total. The molecule has 0 saturated carbocycles. The molecule has 2 aliphatic rings. The van der Waals surface area contributed by atoms with E-state index >= 15 is 0 Å². The Hall–Kier alpha value is -0.950. The molecule has 7 heteroatoms. The highest BCUT2D eigenvalue weighted by Gasteiger charge is 2.41. The molecule has 0 aromatic heterocycles. The predicted molar refractivity (Wildman–Crippen MR) is 65.0 cm³/mol. The van der Waals surface area contributed by atoms with Gasteiger partial charge in [0.25, 0.3) is 0 Å². The van der Waals surface area contributed by atoms with Crippen molar-refractivity contribution in [3.05, 3.63) is 0 Å². The van der Waals surface area contributed by atoms with E-state index < -0.39 is 12.0 Å². The van der Waals surface area contributed by atoms with E-state index in [1.807, 2.05) is 6.92 Å². The van der Waals surface area contributed by atoms with E-state index in [2.05, 4.69) is 5.32 Å². The second kappa shape index (κ2) is 5.14. The van der Waals surface area contributed by atoms with Gasteiger partial charge in [0.1, 0.15) is 6.04 Å². The summed E-state index contributed by atoms with van der Waals surface area (Å²) in [5.41, 5.74) is 0. The molecule has 0 aromatic rings. The van der Waals surface area contributed by atoms with E-state index in [4.69, 9.17) is 5.11 Å². The van der Waals surface area contributed by atoms with Crippen LogP contribution in [0.2, 0.25) is 0 Å². The van der Waals surface area contributed by atoms with Crippen LogP contribution in [0, 0.1) is 0 Å². The predicted octanol–water partition coefficient (Wildman–Crippen LogP) is -0.140. The summed E-state index contributed by atoms with van der Waals surface area (Å²) in [5, 5.41) is 12.2. The van der Waals surface area contributed by atoms with Crippen LogP contribution in [0.15, 0.2) is 0 Å². The van der Waals surface area contributed by atoms with Crippen LogP contribution in [0.1, 0.15) is 6.92 Å². The summed E-state index contributed by atoms with van der Waals surface area (Å²) in [6.07, 6.45) is 0. The maximum Gasteiger partial charge on any atom is 0.327 e. The zero-order valence-corrected chi connectivity index (χ0v) is 10.6. The van der Waals surface area contributed by atoms with Crippen LogP contribution in [-0.2, 0) is 4.79 Å². The number of rotatable bonds is 1. The first-order valence-electron chi connectivity index (χ1n) is 5.73. The zero-order valence-electron chi connectivity index (χ0n) is 9.76. The minimum atomic E-state index is -0.912. The summed E-state index contributed by atoms with van der Waals surface area (Å²) < 4.78 is 0. The molecular weight excluding hydrogens is 242 g/mol. The van der Waals surface area contributed by atoms with Gasteiger partial charge < -0.3 is 15.3 Å². The molecule has 2 aliphatic heterocycles. The third-order valence-electron chi connectivity index (χ3n) is 3.12. The third kappa shape index (κ3) is 2.50. The molecule has 2 heterocycles. The lowest BCUT2D eigenvalue weighted by Crippen LogP contribution is -2.55. The number of carbonyl (C=O) groups is 2. The molecule has 2 rings (SSSR count). The Balaban J connectivity index is 2.07. The summed E-state index contributed by atoms with van der Waals surface area (Å²) in [5.74, 6) is -0.431. The summed E-state index contributed by atoms with van der Waals surface area (Å²) >= 11 is 1.52. The van der Waals surface area contributed by atoms with Crippen LogP contribution >= 0.6 is 11.8 Å². The van der Waals surface area contributed by atoms with Crippen LogP contribution in [0.5, 0.6) is 0 Å². The van der Waals surface area contributed by atoms with Crippen molar-refractivity contribution in [2.24, 2.45) is 0 Å². The second-order valence-corrected chi connectivity index (χ2v) is 5.56. The molecule has 2 atom stereocenters. The molecule has 0 spiro atoms. The molecule has 2 N–H and O–H groups in total. The monoisotopic (exact) mass is 259 g/mol. The van der Waals surface area contributed by atoms with Crippen LogP contribution in [-0.4, -0.2) is 70.3 Å². The van der Waals surface area contributed by atoms with Crippen molar-refractivity contribution in [3.63, 3.8) is 0 Å². The Morgan fingerprint density at radius 2 is 2.00 bits per heavy atom. The molecule has 17 heavy (non-hydrogen) atoms. The topological polar surface area (TPSA) is 72.9 Å². The third-order valence-corrected chi connectivity index (χ3v) is 4.33. The standard InChI is InChI=1S/C10H17N3O3S/c1-7-13(8(6-17-7)9(14)15)10(16)12-4-2-11-3-5-12/h7-8,11H,2-6H2,1H3,(H,14,15). The largest absolute Gasteiger partial charge is 0.480 e. The SMILES string of the molecule is CC1SCC(C(=O)O)N1C(=O)N1CCNCC1. The Kier molecular flexibility index (Phi) is 3.78. The highest BCUT2D eigenvalue weighted by Crippen LogP contribution is 2.29. The fourth-order valence-corrected chi connectivity index (χ4v) is 3.30. The van der Waals surface area contributed by atoms with Gasteiger partial charge in [-0.15, -0.1) is 11.8 Å². The number of thioether (sulfide) groups is 1. The van der Waals surface area contributed by atoms with Crippen LogP contribution in [0.25, 0.3) is 0 Å². The lowest BCUT2D eigenvalue weighted by molar-refractivity contribution is -0.141. The number of hydrogen-bond donors (Lipinski definition) is 2. The van der Waals surface area contributed by atoms with Crippen molar-refractivity contribution in [1.82, 2.24) is 15.1 Å². The number of urea groups is 1. The van der Waals surface area contributed by atoms with Crippen LogP contribution in [0.4, 0.5) is 4.79 Å². The molecule has 0 bridgehead atoms. The number of hydrogen-bond acceptors (Lipinski definition) is 4. The molecule has 0 aliphatic carbocycles.